The van der Waals surface area contributed by atoms with Gasteiger partial charge in [0.25, 0.3) is 10.0 Å². The van der Waals surface area contributed by atoms with Gasteiger partial charge in [0.2, 0.25) is 0 Å². The molecular formula is C23H30N2O4S2. The summed E-state index contributed by atoms with van der Waals surface area (Å²) in [6, 6.07) is 6.56. The molecule has 1 aromatic heterocycles. The molecule has 0 spiro atoms. The van der Waals surface area contributed by atoms with E-state index >= 15 is 0 Å². The molecule has 2 aliphatic heterocycles. The molecule has 8 heteroatoms. The van der Waals surface area contributed by atoms with E-state index in [-0.39, 0.29) is 9.77 Å². The third kappa shape index (κ3) is 4.58. The van der Waals surface area contributed by atoms with Crippen molar-refractivity contribution in [2.24, 2.45) is 0 Å². The highest BCUT2D eigenvalue weighted by Gasteiger charge is 2.37. The topological polar surface area (TPSA) is 66.9 Å². The first-order valence-corrected chi connectivity index (χ1v) is 13.1. The fourth-order valence-corrected chi connectivity index (χ4v) is 8.28. The third-order valence-corrected chi connectivity index (χ3v) is 9.68. The molecule has 0 aliphatic carbocycles. The molecule has 1 fully saturated rings. The van der Waals surface area contributed by atoms with Gasteiger partial charge in [-0.25, -0.2) is 13.2 Å². The summed E-state index contributed by atoms with van der Waals surface area (Å²) in [6.45, 7) is 7.47. The molecule has 2 aliphatic rings. The van der Waals surface area contributed by atoms with Crippen LogP contribution in [0.4, 0.5) is 0 Å². The molecule has 1 aromatic carbocycles. The maximum Gasteiger partial charge on any atom is 0.340 e. The fourth-order valence-electron chi connectivity index (χ4n) is 4.70. The van der Waals surface area contributed by atoms with Crippen LogP contribution in [-0.2, 0) is 34.3 Å². The molecule has 4 rings (SSSR count). The van der Waals surface area contributed by atoms with Crippen LogP contribution in [0, 0.1) is 13.8 Å². The summed E-state index contributed by atoms with van der Waals surface area (Å²) in [4.78, 5) is 15.9. The van der Waals surface area contributed by atoms with Crippen LogP contribution in [0.5, 0.6) is 0 Å². The number of hydrogen-bond acceptors (Lipinski definition) is 6. The Morgan fingerprint density at radius 1 is 1.06 bits per heavy atom. The molecule has 2 aromatic rings. The Morgan fingerprint density at radius 3 is 2.39 bits per heavy atom. The zero-order valence-electron chi connectivity index (χ0n) is 18.4. The van der Waals surface area contributed by atoms with E-state index in [1.165, 1.54) is 39.4 Å². The lowest BCUT2D eigenvalue weighted by molar-refractivity contribution is 0.0595. The number of hydrogen-bond donors (Lipinski definition) is 0. The predicted octanol–water partition coefficient (Wildman–Crippen LogP) is 3.88. The summed E-state index contributed by atoms with van der Waals surface area (Å²) in [5.41, 5.74) is 4.86. The molecule has 0 bridgehead atoms. The van der Waals surface area contributed by atoms with Gasteiger partial charge in [0.05, 0.1) is 12.7 Å². The van der Waals surface area contributed by atoms with Crippen LogP contribution < -0.4 is 0 Å². The molecule has 0 saturated carbocycles. The van der Waals surface area contributed by atoms with Crippen LogP contribution in [0.25, 0.3) is 0 Å². The third-order valence-electron chi connectivity index (χ3n) is 6.07. The van der Waals surface area contributed by atoms with Gasteiger partial charge in [-0.1, -0.05) is 35.7 Å². The summed E-state index contributed by atoms with van der Waals surface area (Å²) in [5.74, 6) is -0.546. The Morgan fingerprint density at radius 2 is 1.74 bits per heavy atom. The van der Waals surface area contributed by atoms with Crippen LogP contribution in [0.2, 0.25) is 0 Å². The lowest BCUT2D eigenvalue weighted by Crippen LogP contribution is -2.36. The molecule has 31 heavy (non-hydrogen) atoms. The Labute approximate surface area is 188 Å². The number of esters is 1. The van der Waals surface area contributed by atoms with Gasteiger partial charge in [-0.2, -0.15) is 4.31 Å². The van der Waals surface area contributed by atoms with Crippen molar-refractivity contribution < 1.29 is 17.9 Å². The second kappa shape index (κ2) is 9.02. The molecule has 168 valence electrons. The predicted molar refractivity (Wildman–Crippen MR) is 122 cm³/mol. The fraction of sp³-hybridized carbons (Fsp3) is 0.522. The Kier molecular flexibility index (Phi) is 6.53. The number of fused-ring (bicyclic) bond motifs is 1. The van der Waals surface area contributed by atoms with E-state index in [9.17, 15) is 13.2 Å². The van der Waals surface area contributed by atoms with E-state index in [0.29, 0.717) is 26.1 Å². The first kappa shape index (κ1) is 22.5. The van der Waals surface area contributed by atoms with Crippen molar-refractivity contribution >= 4 is 27.3 Å². The minimum atomic E-state index is -3.70. The Bertz CT molecular complexity index is 1060. The van der Waals surface area contributed by atoms with Crippen LogP contribution in [0.15, 0.2) is 22.4 Å². The molecule has 3 heterocycles. The van der Waals surface area contributed by atoms with Gasteiger partial charge in [-0.15, -0.1) is 11.3 Å². The van der Waals surface area contributed by atoms with Crippen molar-refractivity contribution in [1.82, 2.24) is 9.21 Å². The molecule has 0 radical (unpaired) electrons. The van der Waals surface area contributed by atoms with Gasteiger partial charge in [0, 0.05) is 37.6 Å². The van der Waals surface area contributed by atoms with E-state index in [1.807, 2.05) is 0 Å². The summed E-state index contributed by atoms with van der Waals surface area (Å²) in [7, 11) is -2.38. The molecular weight excluding hydrogens is 432 g/mol. The van der Waals surface area contributed by atoms with Gasteiger partial charge in [0.1, 0.15) is 4.21 Å². The number of methoxy groups -OCH3 is 1. The second-order valence-corrected chi connectivity index (χ2v) is 11.8. The number of ether oxygens (including phenoxy) is 1. The van der Waals surface area contributed by atoms with Gasteiger partial charge in [-0.3, -0.25) is 4.90 Å². The van der Waals surface area contributed by atoms with E-state index < -0.39 is 16.0 Å². The molecule has 0 amide bonds. The van der Waals surface area contributed by atoms with Crippen LogP contribution in [0.1, 0.15) is 56.8 Å². The summed E-state index contributed by atoms with van der Waals surface area (Å²) in [5, 5.41) is 0. The number of thiophene rings is 1. The standard InChI is InChI=1S/C23H30N2O4S2/c1-16-11-17(2)13-18(12-16)14-24-10-7-19-20(15-24)30-23(21(19)22(26)29-3)31(27,28)25-8-5-4-6-9-25/h11-13H,4-10,14-15H2,1-3H3. The number of sulfonamides is 1. The summed E-state index contributed by atoms with van der Waals surface area (Å²) < 4.78 is 33.5. The van der Waals surface area contributed by atoms with Crippen LogP contribution in [0.3, 0.4) is 0 Å². The minimum Gasteiger partial charge on any atom is -0.465 e. The lowest BCUT2D eigenvalue weighted by atomic mass is 10.0. The first-order valence-electron chi connectivity index (χ1n) is 10.8. The van der Waals surface area contributed by atoms with Crippen LogP contribution in [-0.4, -0.2) is 50.3 Å². The molecule has 1 saturated heterocycles. The molecule has 0 atom stereocenters. The molecule has 0 N–H and O–H groups in total. The van der Waals surface area contributed by atoms with Crippen LogP contribution >= 0.6 is 11.3 Å². The number of piperidine rings is 1. The van der Waals surface area contributed by atoms with E-state index in [4.69, 9.17) is 4.74 Å². The summed E-state index contributed by atoms with van der Waals surface area (Å²) >= 11 is 1.25. The van der Waals surface area contributed by atoms with E-state index in [0.717, 1.165) is 42.8 Å². The van der Waals surface area contributed by atoms with Gasteiger partial charge in [-0.05, 0) is 44.2 Å². The number of carbonyl (C=O) groups excluding carboxylic acids is 1. The van der Waals surface area contributed by atoms with Crippen molar-refractivity contribution in [2.45, 2.75) is 56.8 Å². The molecule has 0 unspecified atom stereocenters. The monoisotopic (exact) mass is 462 g/mol. The van der Waals surface area contributed by atoms with Gasteiger partial charge >= 0.3 is 5.97 Å². The van der Waals surface area contributed by atoms with Crippen molar-refractivity contribution in [1.29, 1.82) is 0 Å². The maximum absolute atomic E-state index is 13.4. The quantitative estimate of drug-likeness (QED) is 0.631. The summed E-state index contributed by atoms with van der Waals surface area (Å²) in [6.07, 6.45) is 3.42. The van der Waals surface area contributed by atoms with Gasteiger partial charge in [0.15, 0.2) is 0 Å². The highest BCUT2D eigenvalue weighted by atomic mass is 32.2. The smallest absolute Gasteiger partial charge is 0.340 e. The number of aryl methyl sites for hydroxylation is 2. The van der Waals surface area contributed by atoms with Crippen molar-refractivity contribution in [2.75, 3.05) is 26.7 Å². The second-order valence-electron chi connectivity index (χ2n) is 8.58. The number of carbonyl (C=O) groups is 1. The van der Waals surface area contributed by atoms with Crippen molar-refractivity contribution in [3.63, 3.8) is 0 Å². The number of benzene rings is 1. The number of rotatable bonds is 5. The number of nitrogens with zero attached hydrogens (tertiary/aromatic N) is 2. The Balaban J connectivity index is 1.65. The largest absolute Gasteiger partial charge is 0.465 e. The average molecular weight is 463 g/mol. The minimum absolute atomic E-state index is 0.166. The maximum atomic E-state index is 13.4. The Hall–Kier alpha value is -1.74. The SMILES string of the molecule is COC(=O)c1c(S(=O)(=O)N2CCCCC2)sc2c1CCN(Cc1cc(C)cc(C)c1)C2. The van der Waals surface area contributed by atoms with Crippen molar-refractivity contribution in [3.05, 3.63) is 50.9 Å². The van der Waals surface area contributed by atoms with E-state index in [1.54, 1.807) is 0 Å². The first-order chi connectivity index (χ1) is 14.8. The molecule has 6 nitrogen and oxygen atoms in total. The highest BCUT2D eigenvalue weighted by molar-refractivity contribution is 7.91. The highest BCUT2D eigenvalue weighted by Crippen LogP contribution is 2.39. The van der Waals surface area contributed by atoms with E-state index in [2.05, 4.69) is 36.9 Å². The van der Waals surface area contributed by atoms with Gasteiger partial charge < -0.3 is 4.74 Å². The zero-order valence-corrected chi connectivity index (χ0v) is 20.1. The van der Waals surface area contributed by atoms with Crippen molar-refractivity contribution in [3.8, 4) is 0 Å². The average Bonchev–Trinajstić information content (AvgIpc) is 3.12. The lowest BCUT2D eigenvalue weighted by Gasteiger charge is -2.27. The zero-order chi connectivity index (χ0) is 22.2. The normalized spacial score (nSPS) is 18.0.